The summed E-state index contributed by atoms with van der Waals surface area (Å²) in [4.78, 5) is 0. The molecule has 0 saturated heterocycles. The molecule has 16 heavy (non-hydrogen) atoms. The quantitative estimate of drug-likeness (QED) is 0.825. The minimum atomic E-state index is 0.197. The Bertz CT molecular complexity index is 369. The van der Waals surface area contributed by atoms with Crippen molar-refractivity contribution in [3.63, 3.8) is 0 Å². The summed E-state index contributed by atoms with van der Waals surface area (Å²) in [6, 6.07) is 8.67. The molecule has 1 nitrogen and oxygen atoms in total. The van der Waals surface area contributed by atoms with E-state index in [-0.39, 0.29) is 10.8 Å². The van der Waals surface area contributed by atoms with Crippen LogP contribution >= 0.6 is 0 Å². The van der Waals surface area contributed by atoms with E-state index < -0.39 is 0 Å². The van der Waals surface area contributed by atoms with Gasteiger partial charge in [0.25, 0.3) is 0 Å². The Balaban J connectivity index is 2.27. The van der Waals surface area contributed by atoms with Crippen LogP contribution in [0.1, 0.15) is 44.7 Å². The van der Waals surface area contributed by atoms with Gasteiger partial charge < -0.3 is 5.11 Å². The van der Waals surface area contributed by atoms with Gasteiger partial charge in [-0.2, -0.15) is 0 Å². The lowest BCUT2D eigenvalue weighted by molar-refractivity contribution is 0.210. The van der Waals surface area contributed by atoms with Gasteiger partial charge in [0.05, 0.1) is 0 Å². The van der Waals surface area contributed by atoms with Gasteiger partial charge >= 0.3 is 0 Å². The van der Waals surface area contributed by atoms with Crippen molar-refractivity contribution in [2.75, 3.05) is 6.61 Å². The van der Waals surface area contributed by atoms with Crippen LogP contribution in [0.5, 0.6) is 0 Å². The molecule has 1 heteroatoms. The second-order valence-corrected chi connectivity index (χ2v) is 6.24. The molecule has 0 radical (unpaired) electrons. The van der Waals surface area contributed by atoms with Gasteiger partial charge in [-0.1, -0.05) is 45.0 Å². The average molecular weight is 218 g/mol. The molecule has 0 aromatic heterocycles. The lowest BCUT2D eigenvalue weighted by Gasteiger charge is -2.24. The first kappa shape index (κ1) is 11.7. The first-order valence-corrected chi connectivity index (χ1v) is 6.16. The highest BCUT2D eigenvalue weighted by atomic mass is 16.3. The molecule has 1 aromatic rings. The molecular weight excluding hydrogens is 196 g/mol. The SMILES string of the molecule is CC(C)(C)c1ccccc1CC1(CO)CC1. The van der Waals surface area contributed by atoms with Crippen LogP contribution in [0.25, 0.3) is 0 Å². The van der Waals surface area contributed by atoms with Crippen LogP contribution in [0, 0.1) is 5.41 Å². The summed E-state index contributed by atoms with van der Waals surface area (Å²) in [7, 11) is 0. The van der Waals surface area contributed by atoms with Crippen molar-refractivity contribution in [3.8, 4) is 0 Å². The molecule has 2 rings (SSSR count). The fourth-order valence-electron chi connectivity index (χ4n) is 2.38. The van der Waals surface area contributed by atoms with Crippen molar-refractivity contribution in [3.05, 3.63) is 35.4 Å². The number of aliphatic hydroxyl groups is 1. The molecule has 0 bridgehead atoms. The Kier molecular flexibility index (Phi) is 2.83. The molecular formula is C15H22O. The molecule has 1 N–H and O–H groups in total. The number of aliphatic hydroxyl groups excluding tert-OH is 1. The van der Waals surface area contributed by atoms with E-state index in [1.54, 1.807) is 0 Å². The third-order valence-electron chi connectivity index (χ3n) is 3.68. The van der Waals surface area contributed by atoms with Crippen LogP contribution in [0.4, 0.5) is 0 Å². The minimum absolute atomic E-state index is 0.197. The van der Waals surface area contributed by atoms with Gasteiger partial charge in [0.1, 0.15) is 0 Å². The highest BCUT2D eigenvalue weighted by Crippen LogP contribution is 2.48. The highest BCUT2D eigenvalue weighted by molar-refractivity contribution is 5.34. The lowest BCUT2D eigenvalue weighted by atomic mass is 9.81. The maximum Gasteiger partial charge on any atom is 0.0490 e. The largest absolute Gasteiger partial charge is 0.396 e. The smallest absolute Gasteiger partial charge is 0.0490 e. The molecule has 1 aromatic carbocycles. The predicted octanol–water partition coefficient (Wildman–Crippen LogP) is 3.30. The van der Waals surface area contributed by atoms with E-state index in [1.807, 2.05) is 0 Å². The molecule has 0 spiro atoms. The second-order valence-electron chi connectivity index (χ2n) is 6.24. The van der Waals surface area contributed by atoms with Crippen LogP contribution in [0.3, 0.4) is 0 Å². The zero-order valence-corrected chi connectivity index (χ0v) is 10.6. The Labute approximate surface area is 98.5 Å². The molecule has 1 aliphatic rings. The van der Waals surface area contributed by atoms with E-state index >= 15 is 0 Å². The van der Waals surface area contributed by atoms with Crippen LogP contribution in [0.15, 0.2) is 24.3 Å². The van der Waals surface area contributed by atoms with E-state index in [9.17, 15) is 5.11 Å². The lowest BCUT2D eigenvalue weighted by Crippen LogP contribution is -2.18. The van der Waals surface area contributed by atoms with Crippen molar-refractivity contribution >= 4 is 0 Å². The number of hydrogen-bond donors (Lipinski definition) is 1. The third-order valence-corrected chi connectivity index (χ3v) is 3.68. The minimum Gasteiger partial charge on any atom is -0.396 e. The number of rotatable bonds is 3. The van der Waals surface area contributed by atoms with Gasteiger partial charge in [-0.05, 0) is 41.2 Å². The Morgan fingerprint density at radius 2 is 1.81 bits per heavy atom. The first-order chi connectivity index (χ1) is 7.47. The zero-order chi connectivity index (χ0) is 11.8. The normalized spacial score (nSPS) is 18.5. The molecule has 0 atom stereocenters. The summed E-state index contributed by atoms with van der Waals surface area (Å²) < 4.78 is 0. The fraction of sp³-hybridized carbons (Fsp3) is 0.600. The molecule has 0 unspecified atom stereocenters. The maximum atomic E-state index is 9.41. The summed E-state index contributed by atoms with van der Waals surface area (Å²) in [5.74, 6) is 0. The van der Waals surface area contributed by atoms with Crippen LogP contribution in [0.2, 0.25) is 0 Å². The van der Waals surface area contributed by atoms with E-state index in [0.29, 0.717) is 6.61 Å². The summed E-state index contributed by atoms with van der Waals surface area (Å²) >= 11 is 0. The average Bonchev–Trinajstić information content (AvgIpc) is 2.98. The Morgan fingerprint density at radius 1 is 1.19 bits per heavy atom. The van der Waals surface area contributed by atoms with Crippen molar-refractivity contribution in [2.45, 2.75) is 45.4 Å². The molecule has 0 amide bonds. The van der Waals surface area contributed by atoms with Crippen LogP contribution in [-0.4, -0.2) is 11.7 Å². The van der Waals surface area contributed by atoms with Gasteiger partial charge in [-0.25, -0.2) is 0 Å². The zero-order valence-electron chi connectivity index (χ0n) is 10.6. The highest BCUT2D eigenvalue weighted by Gasteiger charge is 2.42. The summed E-state index contributed by atoms with van der Waals surface area (Å²) in [5, 5.41) is 9.41. The third kappa shape index (κ3) is 2.30. The van der Waals surface area contributed by atoms with Crippen molar-refractivity contribution in [1.29, 1.82) is 0 Å². The van der Waals surface area contributed by atoms with Gasteiger partial charge in [-0.3, -0.25) is 0 Å². The monoisotopic (exact) mass is 218 g/mol. The standard InChI is InChI=1S/C15H22O/c1-14(2,3)13-7-5-4-6-12(13)10-15(11-16)8-9-15/h4-7,16H,8-11H2,1-3H3. The molecule has 0 heterocycles. The van der Waals surface area contributed by atoms with Crippen LogP contribution < -0.4 is 0 Å². The van der Waals surface area contributed by atoms with Crippen LogP contribution in [-0.2, 0) is 11.8 Å². The van der Waals surface area contributed by atoms with Gasteiger partial charge in [0.2, 0.25) is 0 Å². The van der Waals surface area contributed by atoms with E-state index in [0.717, 1.165) is 6.42 Å². The second kappa shape index (κ2) is 3.89. The summed E-state index contributed by atoms with van der Waals surface area (Å²) in [5.41, 5.74) is 3.25. The number of benzene rings is 1. The Hall–Kier alpha value is -0.820. The topological polar surface area (TPSA) is 20.2 Å². The van der Waals surface area contributed by atoms with Crippen molar-refractivity contribution in [2.24, 2.45) is 5.41 Å². The van der Waals surface area contributed by atoms with Crippen molar-refractivity contribution < 1.29 is 5.11 Å². The molecule has 88 valence electrons. The molecule has 1 saturated carbocycles. The molecule has 1 fully saturated rings. The van der Waals surface area contributed by atoms with Crippen molar-refractivity contribution in [1.82, 2.24) is 0 Å². The summed E-state index contributed by atoms with van der Waals surface area (Å²) in [6.45, 7) is 7.10. The van der Waals surface area contributed by atoms with Gasteiger partial charge in [-0.15, -0.1) is 0 Å². The Morgan fingerprint density at radius 3 is 2.31 bits per heavy atom. The number of hydrogen-bond acceptors (Lipinski definition) is 1. The maximum absolute atomic E-state index is 9.41. The molecule has 0 aliphatic heterocycles. The van der Waals surface area contributed by atoms with Gasteiger partial charge in [0.15, 0.2) is 0 Å². The van der Waals surface area contributed by atoms with E-state index in [2.05, 4.69) is 45.0 Å². The first-order valence-electron chi connectivity index (χ1n) is 6.16. The van der Waals surface area contributed by atoms with Gasteiger partial charge in [0, 0.05) is 6.61 Å². The fourth-order valence-corrected chi connectivity index (χ4v) is 2.38. The summed E-state index contributed by atoms with van der Waals surface area (Å²) in [6.07, 6.45) is 3.40. The predicted molar refractivity (Wildman–Crippen MR) is 67.6 cm³/mol. The van der Waals surface area contributed by atoms with E-state index in [4.69, 9.17) is 0 Å². The van der Waals surface area contributed by atoms with E-state index in [1.165, 1.54) is 24.0 Å². The molecule has 1 aliphatic carbocycles.